The Hall–Kier alpha value is -1.45. The van der Waals surface area contributed by atoms with Gasteiger partial charge in [-0.2, -0.15) is 0 Å². The average Bonchev–Trinajstić information content (AvgIpc) is 2.56. The molecule has 1 fully saturated rings. The first kappa shape index (κ1) is 14.0. The van der Waals surface area contributed by atoms with Gasteiger partial charge in [-0.1, -0.05) is 25.7 Å². The highest BCUT2D eigenvalue weighted by atomic mass is 19.1. The summed E-state index contributed by atoms with van der Waals surface area (Å²) in [7, 11) is 0. The first-order valence-corrected chi connectivity index (χ1v) is 6.76. The number of benzene rings is 1. The van der Waals surface area contributed by atoms with E-state index in [2.05, 4.69) is 0 Å². The Kier molecular flexibility index (Phi) is 4.51. The Morgan fingerprint density at radius 2 is 1.58 bits per heavy atom. The molecule has 0 saturated heterocycles. The van der Waals surface area contributed by atoms with Gasteiger partial charge < -0.3 is 5.11 Å². The van der Waals surface area contributed by atoms with E-state index < -0.39 is 23.5 Å². The largest absolute Gasteiger partial charge is 0.481 e. The van der Waals surface area contributed by atoms with Gasteiger partial charge in [0.25, 0.3) is 0 Å². The summed E-state index contributed by atoms with van der Waals surface area (Å²) in [6.45, 7) is 0. The van der Waals surface area contributed by atoms with Gasteiger partial charge in [0.1, 0.15) is 11.6 Å². The van der Waals surface area contributed by atoms with Crippen LogP contribution < -0.4 is 0 Å². The second-order valence-corrected chi connectivity index (χ2v) is 5.27. The minimum Gasteiger partial charge on any atom is -0.481 e. The van der Waals surface area contributed by atoms with Crippen LogP contribution in [0.3, 0.4) is 0 Å². The highest BCUT2D eigenvalue weighted by Crippen LogP contribution is 2.35. The molecular formula is C15H18F2O2. The molecule has 0 radical (unpaired) electrons. The van der Waals surface area contributed by atoms with Crippen LogP contribution in [0.2, 0.25) is 0 Å². The summed E-state index contributed by atoms with van der Waals surface area (Å²) in [6.07, 6.45) is 5.84. The highest BCUT2D eigenvalue weighted by molar-refractivity contribution is 5.76. The molecule has 0 aromatic heterocycles. The normalized spacial score (nSPS) is 18.8. The molecule has 1 aromatic rings. The molecule has 1 unspecified atom stereocenters. The van der Waals surface area contributed by atoms with Gasteiger partial charge >= 0.3 is 5.97 Å². The predicted molar refractivity (Wildman–Crippen MR) is 67.9 cm³/mol. The molecule has 19 heavy (non-hydrogen) atoms. The van der Waals surface area contributed by atoms with Crippen molar-refractivity contribution < 1.29 is 18.7 Å². The van der Waals surface area contributed by atoms with E-state index in [-0.39, 0.29) is 11.5 Å². The lowest BCUT2D eigenvalue weighted by molar-refractivity contribution is -0.140. The number of carbonyl (C=O) groups is 1. The van der Waals surface area contributed by atoms with E-state index in [0.717, 1.165) is 56.7 Å². The van der Waals surface area contributed by atoms with Gasteiger partial charge in [0, 0.05) is 6.07 Å². The molecule has 4 heteroatoms. The van der Waals surface area contributed by atoms with E-state index in [1.165, 1.54) is 0 Å². The molecule has 0 aliphatic heterocycles. The molecule has 1 aliphatic carbocycles. The first-order valence-electron chi connectivity index (χ1n) is 6.76. The van der Waals surface area contributed by atoms with Gasteiger partial charge in [-0.15, -0.1) is 0 Å². The lowest BCUT2D eigenvalue weighted by atomic mass is 9.81. The summed E-state index contributed by atoms with van der Waals surface area (Å²) >= 11 is 0. The standard InChI is InChI=1S/C15H18F2O2/c16-12-7-11(8-13(17)9-12)14(15(18)19)10-5-3-1-2-4-6-10/h7-10,14H,1-6H2,(H,18,19). The van der Waals surface area contributed by atoms with Gasteiger partial charge in [-0.05, 0) is 36.5 Å². The monoisotopic (exact) mass is 268 g/mol. The average molecular weight is 268 g/mol. The van der Waals surface area contributed by atoms with E-state index in [0.29, 0.717) is 0 Å². The summed E-state index contributed by atoms with van der Waals surface area (Å²) in [5.41, 5.74) is 0.247. The number of halogens is 2. The second kappa shape index (κ2) is 6.13. The van der Waals surface area contributed by atoms with Crippen LogP contribution in [-0.2, 0) is 4.79 Å². The van der Waals surface area contributed by atoms with Crippen LogP contribution in [0.4, 0.5) is 8.78 Å². The maximum atomic E-state index is 13.3. The molecule has 1 aliphatic rings. The van der Waals surface area contributed by atoms with E-state index in [9.17, 15) is 18.7 Å². The summed E-state index contributed by atoms with van der Waals surface area (Å²) in [5, 5.41) is 9.41. The fourth-order valence-corrected chi connectivity index (χ4v) is 3.02. The topological polar surface area (TPSA) is 37.3 Å². The molecule has 104 valence electrons. The zero-order chi connectivity index (χ0) is 13.8. The molecule has 1 N–H and O–H groups in total. The van der Waals surface area contributed by atoms with Gasteiger partial charge in [0.05, 0.1) is 5.92 Å². The number of rotatable bonds is 3. The van der Waals surface area contributed by atoms with Crippen LogP contribution in [0.1, 0.15) is 50.0 Å². The summed E-state index contributed by atoms with van der Waals surface area (Å²) in [4.78, 5) is 11.5. The fraction of sp³-hybridized carbons (Fsp3) is 0.533. The Labute approximate surface area is 111 Å². The second-order valence-electron chi connectivity index (χ2n) is 5.27. The molecule has 2 nitrogen and oxygen atoms in total. The summed E-state index contributed by atoms with van der Waals surface area (Å²) in [6, 6.07) is 3.06. The van der Waals surface area contributed by atoms with Crippen molar-refractivity contribution in [2.45, 2.75) is 44.4 Å². The van der Waals surface area contributed by atoms with Crippen LogP contribution >= 0.6 is 0 Å². The minimum atomic E-state index is -0.989. The third kappa shape index (κ3) is 3.52. The maximum Gasteiger partial charge on any atom is 0.311 e. The van der Waals surface area contributed by atoms with Crippen molar-refractivity contribution in [1.82, 2.24) is 0 Å². The van der Waals surface area contributed by atoms with E-state index >= 15 is 0 Å². The third-order valence-electron chi connectivity index (χ3n) is 3.88. The van der Waals surface area contributed by atoms with Crippen LogP contribution in [0.5, 0.6) is 0 Å². The SMILES string of the molecule is O=C(O)C(c1cc(F)cc(F)c1)C1CCCCCC1. The van der Waals surface area contributed by atoms with Crippen LogP contribution in [0.15, 0.2) is 18.2 Å². The van der Waals surface area contributed by atoms with Crippen molar-refractivity contribution in [1.29, 1.82) is 0 Å². The van der Waals surface area contributed by atoms with Crippen molar-refractivity contribution in [3.8, 4) is 0 Å². The zero-order valence-electron chi connectivity index (χ0n) is 10.7. The van der Waals surface area contributed by atoms with Crippen molar-refractivity contribution >= 4 is 5.97 Å². The van der Waals surface area contributed by atoms with E-state index in [1.54, 1.807) is 0 Å². The lowest BCUT2D eigenvalue weighted by Crippen LogP contribution is -2.21. The van der Waals surface area contributed by atoms with E-state index in [1.807, 2.05) is 0 Å². The van der Waals surface area contributed by atoms with Gasteiger partial charge in [0.15, 0.2) is 0 Å². The van der Waals surface area contributed by atoms with Gasteiger partial charge in [0.2, 0.25) is 0 Å². The first-order chi connectivity index (χ1) is 9.08. The number of carboxylic acid groups (broad SMARTS) is 1. The fourth-order valence-electron chi connectivity index (χ4n) is 3.02. The van der Waals surface area contributed by atoms with Gasteiger partial charge in [-0.25, -0.2) is 8.78 Å². The Balaban J connectivity index is 2.30. The maximum absolute atomic E-state index is 13.3. The van der Waals surface area contributed by atoms with Crippen LogP contribution in [-0.4, -0.2) is 11.1 Å². The summed E-state index contributed by atoms with van der Waals surface area (Å²) < 4.78 is 26.5. The number of hydrogen-bond acceptors (Lipinski definition) is 1. The van der Waals surface area contributed by atoms with Crippen molar-refractivity contribution in [3.05, 3.63) is 35.4 Å². The number of hydrogen-bond donors (Lipinski definition) is 1. The number of aliphatic carboxylic acids is 1. The molecule has 1 atom stereocenters. The van der Waals surface area contributed by atoms with Gasteiger partial charge in [-0.3, -0.25) is 4.79 Å². The van der Waals surface area contributed by atoms with E-state index in [4.69, 9.17) is 0 Å². The third-order valence-corrected chi connectivity index (χ3v) is 3.88. The quantitative estimate of drug-likeness (QED) is 0.838. The molecule has 0 heterocycles. The van der Waals surface area contributed by atoms with Crippen LogP contribution in [0.25, 0.3) is 0 Å². The lowest BCUT2D eigenvalue weighted by Gasteiger charge is -2.23. The molecule has 2 rings (SSSR count). The summed E-state index contributed by atoms with van der Waals surface area (Å²) in [5.74, 6) is -3.24. The molecular weight excluding hydrogens is 250 g/mol. The smallest absolute Gasteiger partial charge is 0.311 e. The Bertz CT molecular complexity index is 431. The molecule has 1 saturated carbocycles. The molecule has 0 spiro atoms. The Morgan fingerprint density at radius 1 is 1.05 bits per heavy atom. The van der Waals surface area contributed by atoms with Crippen molar-refractivity contribution in [3.63, 3.8) is 0 Å². The molecule has 1 aromatic carbocycles. The molecule has 0 bridgehead atoms. The predicted octanol–water partition coefficient (Wildman–Crippen LogP) is 4.10. The van der Waals surface area contributed by atoms with Crippen molar-refractivity contribution in [2.75, 3.05) is 0 Å². The highest BCUT2D eigenvalue weighted by Gasteiger charge is 2.30. The number of carboxylic acids is 1. The molecule has 0 amide bonds. The van der Waals surface area contributed by atoms with Crippen molar-refractivity contribution in [2.24, 2.45) is 5.92 Å². The van der Waals surface area contributed by atoms with Crippen LogP contribution in [0, 0.1) is 17.6 Å². The zero-order valence-corrected chi connectivity index (χ0v) is 10.7. The minimum absolute atomic E-state index is 0.0267. The Morgan fingerprint density at radius 3 is 2.05 bits per heavy atom.